The molecule has 8 heteroatoms. The topological polar surface area (TPSA) is 84.5 Å². The van der Waals surface area contributed by atoms with Gasteiger partial charge in [0.15, 0.2) is 0 Å². The van der Waals surface area contributed by atoms with Crippen LogP contribution in [0.4, 0.5) is 9.80 Å². The summed E-state index contributed by atoms with van der Waals surface area (Å²) >= 11 is 3.06. The predicted octanol–water partition coefficient (Wildman–Crippen LogP) is 4.03. The molecule has 1 aromatic heterocycles. The van der Waals surface area contributed by atoms with Gasteiger partial charge in [-0.15, -0.1) is 23.1 Å². The fourth-order valence-electron chi connectivity index (χ4n) is 3.15. The minimum atomic E-state index is -0.781. The zero-order chi connectivity index (χ0) is 20.1. The minimum Gasteiger partial charge on any atom is -0.450 e. The molecule has 1 aliphatic carbocycles. The maximum atomic E-state index is 12.6. The van der Waals surface area contributed by atoms with Crippen molar-refractivity contribution in [2.24, 2.45) is 0 Å². The molecule has 0 spiro atoms. The molecule has 0 saturated heterocycles. The van der Waals surface area contributed by atoms with Crippen LogP contribution in [-0.2, 0) is 28.8 Å². The highest BCUT2D eigenvalue weighted by Gasteiger charge is 2.28. The highest BCUT2D eigenvalue weighted by atomic mass is 32.2. The third-order valence-electron chi connectivity index (χ3n) is 4.42. The van der Waals surface area contributed by atoms with Gasteiger partial charge in [0.05, 0.1) is 18.6 Å². The van der Waals surface area contributed by atoms with Gasteiger partial charge in [-0.2, -0.15) is 0 Å². The number of thiophene rings is 1. The predicted molar refractivity (Wildman–Crippen MR) is 111 cm³/mol. The van der Waals surface area contributed by atoms with Crippen LogP contribution in [0.1, 0.15) is 39.7 Å². The first-order chi connectivity index (χ1) is 13.5. The Morgan fingerprint density at radius 2 is 1.93 bits per heavy atom. The number of benzene rings is 1. The summed E-state index contributed by atoms with van der Waals surface area (Å²) in [5.41, 5.74) is 2.21. The highest BCUT2D eigenvalue weighted by Crippen LogP contribution is 2.39. The fraction of sp³-hybridized carbons (Fsp3) is 0.350. The number of carbonyl (C=O) groups excluding carboxylic acids is 3. The number of fused-ring (bicyclic) bond motifs is 1. The molecule has 0 aliphatic heterocycles. The van der Waals surface area contributed by atoms with E-state index in [4.69, 9.17) is 4.74 Å². The maximum absolute atomic E-state index is 12.6. The summed E-state index contributed by atoms with van der Waals surface area (Å²) in [6.07, 6.45) is 4.06. The van der Waals surface area contributed by atoms with E-state index >= 15 is 0 Å². The summed E-state index contributed by atoms with van der Waals surface area (Å²) in [6, 6.07) is 7.80. The molecule has 1 aromatic carbocycles. The summed E-state index contributed by atoms with van der Waals surface area (Å²) in [4.78, 5) is 39.0. The van der Waals surface area contributed by atoms with E-state index in [1.165, 1.54) is 11.3 Å². The van der Waals surface area contributed by atoms with Crippen LogP contribution in [0.5, 0.6) is 0 Å². The van der Waals surface area contributed by atoms with Gasteiger partial charge in [-0.05, 0) is 55.7 Å². The zero-order valence-corrected chi connectivity index (χ0v) is 17.4. The molecule has 148 valence electrons. The molecule has 28 heavy (non-hydrogen) atoms. The average molecular weight is 419 g/mol. The maximum Gasteiger partial charge on any atom is 0.414 e. The molecule has 1 heterocycles. The number of amides is 3. The van der Waals surface area contributed by atoms with E-state index in [9.17, 15) is 14.4 Å². The number of rotatable bonds is 6. The van der Waals surface area contributed by atoms with E-state index in [0.29, 0.717) is 10.6 Å². The van der Waals surface area contributed by atoms with Crippen molar-refractivity contribution in [3.05, 3.63) is 45.8 Å². The van der Waals surface area contributed by atoms with Gasteiger partial charge in [-0.3, -0.25) is 14.9 Å². The van der Waals surface area contributed by atoms with Gasteiger partial charge in [0.2, 0.25) is 5.91 Å². The first kappa shape index (κ1) is 20.4. The van der Waals surface area contributed by atoms with Crippen LogP contribution >= 0.6 is 23.1 Å². The van der Waals surface area contributed by atoms with Crippen LogP contribution in [-0.4, -0.2) is 30.8 Å². The van der Waals surface area contributed by atoms with Crippen molar-refractivity contribution in [1.82, 2.24) is 5.32 Å². The molecule has 0 atom stereocenters. The molecule has 1 aliphatic rings. The second-order valence-corrected chi connectivity index (χ2v) is 8.29. The number of hydrogen-bond donors (Lipinski definition) is 2. The second kappa shape index (κ2) is 9.25. The molecule has 6 nitrogen and oxygen atoms in total. The van der Waals surface area contributed by atoms with Crippen molar-refractivity contribution >= 4 is 46.0 Å². The largest absolute Gasteiger partial charge is 0.450 e. The van der Waals surface area contributed by atoms with Gasteiger partial charge in [-0.25, -0.2) is 4.79 Å². The summed E-state index contributed by atoms with van der Waals surface area (Å²) in [7, 11) is 0. The second-order valence-electron chi connectivity index (χ2n) is 6.31. The van der Waals surface area contributed by atoms with Gasteiger partial charge < -0.3 is 10.1 Å². The SMILES string of the molecule is CCOC(=O)NC(=O)c1c(NC(=O)Cc2ccc(SC)cc2)sc2c1CCC2. The van der Waals surface area contributed by atoms with Crippen LogP contribution in [0.25, 0.3) is 0 Å². The van der Waals surface area contributed by atoms with E-state index in [-0.39, 0.29) is 18.9 Å². The number of thioether (sulfide) groups is 1. The number of alkyl carbamates (subject to hydrolysis) is 1. The van der Waals surface area contributed by atoms with Crippen LogP contribution in [0, 0.1) is 0 Å². The van der Waals surface area contributed by atoms with Gasteiger partial charge >= 0.3 is 6.09 Å². The molecule has 0 radical (unpaired) electrons. The van der Waals surface area contributed by atoms with E-state index in [1.807, 2.05) is 30.5 Å². The number of nitrogens with one attached hydrogen (secondary N) is 2. The molecular weight excluding hydrogens is 396 g/mol. The van der Waals surface area contributed by atoms with Crippen LogP contribution < -0.4 is 10.6 Å². The summed E-state index contributed by atoms with van der Waals surface area (Å²) < 4.78 is 4.79. The van der Waals surface area contributed by atoms with Crippen molar-refractivity contribution in [1.29, 1.82) is 0 Å². The molecule has 0 unspecified atom stereocenters. The fourth-order valence-corrected chi connectivity index (χ4v) is 4.87. The number of ether oxygens (including phenoxy) is 1. The van der Waals surface area contributed by atoms with Gasteiger partial charge in [0.1, 0.15) is 5.00 Å². The Hall–Kier alpha value is -2.32. The van der Waals surface area contributed by atoms with E-state index < -0.39 is 12.0 Å². The van der Waals surface area contributed by atoms with Gasteiger partial charge in [-0.1, -0.05) is 12.1 Å². The number of imide groups is 1. The Morgan fingerprint density at radius 1 is 1.18 bits per heavy atom. The highest BCUT2D eigenvalue weighted by molar-refractivity contribution is 7.98. The Morgan fingerprint density at radius 3 is 2.61 bits per heavy atom. The van der Waals surface area contributed by atoms with Crippen molar-refractivity contribution in [2.75, 3.05) is 18.2 Å². The molecule has 0 bridgehead atoms. The van der Waals surface area contributed by atoms with E-state index in [1.54, 1.807) is 18.7 Å². The Kier molecular flexibility index (Phi) is 6.74. The molecule has 3 amide bonds. The van der Waals surface area contributed by atoms with Crippen LogP contribution in [0.15, 0.2) is 29.2 Å². The third kappa shape index (κ3) is 4.74. The lowest BCUT2D eigenvalue weighted by atomic mass is 10.1. The first-order valence-electron chi connectivity index (χ1n) is 9.07. The first-order valence-corrected chi connectivity index (χ1v) is 11.1. The van der Waals surface area contributed by atoms with Crippen molar-refractivity contribution in [3.8, 4) is 0 Å². The monoisotopic (exact) mass is 418 g/mol. The summed E-state index contributed by atoms with van der Waals surface area (Å²) in [5.74, 6) is -0.723. The molecule has 0 saturated carbocycles. The Bertz CT molecular complexity index is 890. The van der Waals surface area contributed by atoms with Crippen LogP contribution in [0.3, 0.4) is 0 Å². The number of aryl methyl sites for hydroxylation is 1. The smallest absolute Gasteiger partial charge is 0.414 e. The average Bonchev–Trinajstić information content (AvgIpc) is 3.22. The molecular formula is C20H22N2O4S2. The lowest BCUT2D eigenvalue weighted by molar-refractivity contribution is -0.115. The Labute approximate surface area is 172 Å². The van der Waals surface area contributed by atoms with Gasteiger partial charge in [0.25, 0.3) is 5.91 Å². The van der Waals surface area contributed by atoms with Crippen molar-refractivity contribution < 1.29 is 19.1 Å². The zero-order valence-electron chi connectivity index (χ0n) is 15.8. The van der Waals surface area contributed by atoms with Crippen LogP contribution in [0.2, 0.25) is 0 Å². The molecule has 2 N–H and O–H groups in total. The molecule has 2 aromatic rings. The van der Waals surface area contributed by atoms with Crippen molar-refractivity contribution in [2.45, 2.75) is 37.5 Å². The third-order valence-corrected chi connectivity index (χ3v) is 6.37. The quantitative estimate of drug-likeness (QED) is 0.692. The van der Waals surface area contributed by atoms with E-state index in [2.05, 4.69) is 10.6 Å². The lowest BCUT2D eigenvalue weighted by Crippen LogP contribution is -2.32. The van der Waals surface area contributed by atoms with E-state index in [0.717, 1.165) is 40.2 Å². The molecule has 0 fully saturated rings. The number of carbonyl (C=O) groups is 3. The Balaban J connectivity index is 1.75. The summed E-state index contributed by atoms with van der Waals surface area (Å²) in [6.45, 7) is 1.85. The number of anilines is 1. The minimum absolute atomic E-state index is 0.180. The molecule has 3 rings (SSSR count). The van der Waals surface area contributed by atoms with Crippen molar-refractivity contribution in [3.63, 3.8) is 0 Å². The standard InChI is InChI=1S/C20H22N2O4S2/c1-3-26-20(25)22-18(24)17-14-5-4-6-15(14)28-19(17)21-16(23)11-12-7-9-13(27-2)10-8-12/h7-10H,3-6,11H2,1-2H3,(H,21,23)(H,22,24,25). The van der Waals surface area contributed by atoms with Gasteiger partial charge in [0, 0.05) is 9.77 Å². The lowest BCUT2D eigenvalue weighted by Gasteiger charge is -2.09. The summed E-state index contributed by atoms with van der Waals surface area (Å²) in [5, 5.41) is 5.60. The normalized spacial score (nSPS) is 12.4. The number of hydrogen-bond acceptors (Lipinski definition) is 6.